The second-order valence-corrected chi connectivity index (χ2v) is 6.23. The van der Waals surface area contributed by atoms with Gasteiger partial charge in [0.15, 0.2) is 0 Å². The van der Waals surface area contributed by atoms with E-state index < -0.39 is 0 Å². The number of hydrogen-bond donors (Lipinski definition) is 0. The third-order valence-corrected chi connectivity index (χ3v) is 4.28. The van der Waals surface area contributed by atoms with Gasteiger partial charge in [-0.25, -0.2) is 4.98 Å². The molecular weight excluding hydrogens is 282 g/mol. The van der Waals surface area contributed by atoms with Gasteiger partial charge in [0.05, 0.1) is 0 Å². The summed E-state index contributed by atoms with van der Waals surface area (Å²) >= 11 is 5.80. The molecule has 112 valence electrons. The second kappa shape index (κ2) is 6.48. The number of aromatic nitrogens is 1. The Morgan fingerprint density at radius 1 is 1.19 bits per heavy atom. The van der Waals surface area contributed by atoms with Crippen molar-refractivity contribution in [3.63, 3.8) is 0 Å². The summed E-state index contributed by atoms with van der Waals surface area (Å²) in [5.74, 6) is 1.90. The molecule has 0 N–H and O–H groups in total. The quantitative estimate of drug-likeness (QED) is 0.670. The molecule has 0 atom stereocenters. The Morgan fingerprint density at radius 2 is 1.86 bits per heavy atom. The SMILES string of the molecule is CCC(C)(C)c1ccc(Oc2ncc(CCl)cc2C)cc1. The molecule has 1 heterocycles. The fourth-order valence-electron chi connectivity index (χ4n) is 2.09. The van der Waals surface area contributed by atoms with E-state index in [2.05, 4.69) is 37.9 Å². The largest absolute Gasteiger partial charge is 0.439 e. The molecule has 1 aromatic heterocycles. The molecule has 0 amide bonds. The van der Waals surface area contributed by atoms with Gasteiger partial charge in [0.1, 0.15) is 5.75 Å². The molecule has 2 rings (SSSR count). The molecule has 0 saturated carbocycles. The molecule has 0 radical (unpaired) electrons. The lowest BCUT2D eigenvalue weighted by molar-refractivity contribution is 0.456. The van der Waals surface area contributed by atoms with Gasteiger partial charge in [-0.05, 0) is 48.1 Å². The fourth-order valence-corrected chi connectivity index (χ4v) is 2.24. The molecule has 21 heavy (non-hydrogen) atoms. The van der Waals surface area contributed by atoms with Crippen LogP contribution in [-0.2, 0) is 11.3 Å². The molecule has 0 fully saturated rings. The predicted molar refractivity (Wildman–Crippen MR) is 88.4 cm³/mol. The molecule has 0 saturated heterocycles. The maximum absolute atomic E-state index is 5.86. The first-order valence-corrected chi connectivity index (χ1v) is 7.79. The van der Waals surface area contributed by atoms with Gasteiger partial charge in [-0.1, -0.05) is 32.9 Å². The molecule has 0 spiro atoms. The number of alkyl halides is 1. The van der Waals surface area contributed by atoms with Crippen LogP contribution < -0.4 is 4.74 Å². The molecule has 3 heteroatoms. The predicted octanol–water partition coefficient (Wildman–Crippen LogP) is 5.61. The van der Waals surface area contributed by atoms with Crippen LogP contribution in [0.15, 0.2) is 36.5 Å². The third-order valence-electron chi connectivity index (χ3n) is 3.98. The minimum atomic E-state index is 0.189. The number of hydrogen-bond acceptors (Lipinski definition) is 2. The minimum absolute atomic E-state index is 0.189. The van der Waals surface area contributed by atoms with Crippen LogP contribution in [0.3, 0.4) is 0 Å². The summed E-state index contributed by atoms with van der Waals surface area (Å²) < 4.78 is 5.86. The van der Waals surface area contributed by atoms with Crippen LogP contribution in [0.4, 0.5) is 0 Å². The number of halogens is 1. The summed E-state index contributed by atoms with van der Waals surface area (Å²) in [5, 5.41) is 0. The van der Waals surface area contributed by atoms with Crippen molar-refractivity contribution >= 4 is 11.6 Å². The van der Waals surface area contributed by atoms with Crippen LogP contribution >= 0.6 is 11.6 Å². The summed E-state index contributed by atoms with van der Waals surface area (Å²) in [6.07, 6.45) is 2.86. The highest BCUT2D eigenvalue weighted by molar-refractivity contribution is 6.17. The van der Waals surface area contributed by atoms with Crippen LogP contribution in [0.5, 0.6) is 11.6 Å². The standard InChI is InChI=1S/C18H22ClNO/c1-5-18(3,4)15-6-8-16(9-7-15)21-17-13(2)10-14(11-19)12-20-17/h6-10,12H,5,11H2,1-4H3. The Bertz CT molecular complexity index is 605. The first kappa shape index (κ1) is 15.8. The molecule has 1 aromatic carbocycles. The Morgan fingerprint density at radius 3 is 2.38 bits per heavy atom. The third kappa shape index (κ3) is 3.76. The fraction of sp³-hybridized carbons (Fsp3) is 0.389. The number of nitrogens with zero attached hydrogens (tertiary/aromatic N) is 1. The Hall–Kier alpha value is -1.54. The summed E-state index contributed by atoms with van der Waals surface area (Å²) in [7, 11) is 0. The van der Waals surface area contributed by atoms with Gasteiger partial charge in [-0.3, -0.25) is 0 Å². The highest BCUT2D eigenvalue weighted by Gasteiger charge is 2.17. The van der Waals surface area contributed by atoms with Gasteiger partial charge in [-0.2, -0.15) is 0 Å². The van der Waals surface area contributed by atoms with Gasteiger partial charge in [-0.15, -0.1) is 11.6 Å². The van der Waals surface area contributed by atoms with E-state index in [-0.39, 0.29) is 5.41 Å². The van der Waals surface area contributed by atoms with Crippen LogP contribution in [0, 0.1) is 6.92 Å². The lowest BCUT2D eigenvalue weighted by Crippen LogP contribution is -2.14. The van der Waals surface area contributed by atoms with E-state index in [4.69, 9.17) is 16.3 Å². The first-order valence-electron chi connectivity index (χ1n) is 7.26. The lowest BCUT2D eigenvalue weighted by Gasteiger charge is -2.23. The Labute approximate surface area is 132 Å². The van der Waals surface area contributed by atoms with Gasteiger partial charge in [0.25, 0.3) is 0 Å². The molecule has 0 unspecified atom stereocenters. The summed E-state index contributed by atoms with van der Waals surface area (Å²) in [4.78, 5) is 4.33. The van der Waals surface area contributed by atoms with E-state index in [9.17, 15) is 0 Å². The summed E-state index contributed by atoms with van der Waals surface area (Å²) in [6.45, 7) is 8.68. The molecule has 0 aliphatic carbocycles. The van der Waals surface area contributed by atoms with E-state index in [0.717, 1.165) is 23.3 Å². The molecule has 0 bridgehead atoms. The average molecular weight is 304 g/mol. The van der Waals surface area contributed by atoms with Gasteiger partial charge < -0.3 is 4.74 Å². The highest BCUT2D eigenvalue weighted by atomic mass is 35.5. The second-order valence-electron chi connectivity index (χ2n) is 5.96. The van der Waals surface area contributed by atoms with Crippen LogP contribution in [0.2, 0.25) is 0 Å². The van der Waals surface area contributed by atoms with Crippen molar-refractivity contribution in [2.45, 2.75) is 45.4 Å². The Balaban J connectivity index is 2.17. The van der Waals surface area contributed by atoms with Crippen molar-refractivity contribution in [3.05, 3.63) is 53.2 Å². The van der Waals surface area contributed by atoms with Gasteiger partial charge >= 0.3 is 0 Å². The maximum atomic E-state index is 5.86. The van der Waals surface area contributed by atoms with Gasteiger partial charge in [0.2, 0.25) is 5.88 Å². The molecule has 0 aliphatic heterocycles. The van der Waals surface area contributed by atoms with Crippen molar-refractivity contribution in [1.29, 1.82) is 0 Å². The van der Waals surface area contributed by atoms with E-state index in [0.29, 0.717) is 11.8 Å². The summed E-state index contributed by atoms with van der Waals surface area (Å²) in [6, 6.07) is 10.3. The Kier molecular flexibility index (Phi) is 4.89. The van der Waals surface area contributed by atoms with Crippen molar-refractivity contribution in [2.24, 2.45) is 0 Å². The molecule has 2 aromatic rings. The van der Waals surface area contributed by atoms with Crippen LogP contribution in [0.25, 0.3) is 0 Å². The molecule has 2 nitrogen and oxygen atoms in total. The average Bonchev–Trinajstić information content (AvgIpc) is 2.50. The zero-order chi connectivity index (χ0) is 15.5. The number of ether oxygens (including phenoxy) is 1. The van der Waals surface area contributed by atoms with Crippen LogP contribution in [-0.4, -0.2) is 4.98 Å². The maximum Gasteiger partial charge on any atom is 0.222 e. The number of benzene rings is 1. The smallest absolute Gasteiger partial charge is 0.222 e. The number of pyridine rings is 1. The normalized spacial score (nSPS) is 11.5. The van der Waals surface area contributed by atoms with Crippen molar-refractivity contribution in [1.82, 2.24) is 4.98 Å². The lowest BCUT2D eigenvalue weighted by atomic mass is 9.82. The van der Waals surface area contributed by atoms with Gasteiger partial charge in [0, 0.05) is 17.6 Å². The number of rotatable bonds is 5. The van der Waals surface area contributed by atoms with E-state index >= 15 is 0 Å². The van der Waals surface area contributed by atoms with E-state index in [1.807, 2.05) is 25.1 Å². The summed E-state index contributed by atoms with van der Waals surface area (Å²) in [5.41, 5.74) is 3.50. The topological polar surface area (TPSA) is 22.1 Å². The van der Waals surface area contributed by atoms with Crippen molar-refractivity contribution in [2.75, 3.05) is 0 Å². The van der Waals surface area contributed by atoms with E-state index in [1.165, 1.54) is 5.56 Å². The minimum Gasteiger partial charge on any atom is -0.439 e. The molecular formula is C18H22ClNO. The van der Waals surface area contributed by atoms with Crippen LogP contribution in [0.1, 0.15) is 43.9 Å². The van der Waals surface area contributed by atoms with Crippen molar-refractivity contribution in [3.8, 4) is 11.6 Å². The zero-order valence-electron chi connectivity index (χ0n) is 13.1. The van der Waals surface area contributed by atoms with E-state index in [1.54, 1.807) is 6.20 Å². The molecule has 0 aliphatic rings. The number of aryl methyl sites for hydroxylation is 1. The highest BCUT2D eigenvalue weighted by Crippen LogP contribution is 2.30. The first-order chi connectivity index (χ1) is 9.96. The zero-order valence-corrected chi connectivity index (χ0v) is 13.9. The monoisotopic (exact) mass is 303 g/mol. The van der Waals surface area contributed by atoms with Crippen molar-refractivity contribution < 1.29 is 4.74 Å².